The molecular formula is C6H8NNaO3. The van der Waals surface area contributed by atoms with E-state index in [0.717, 1.165) is 6.08 Å². The van der Waals surface area contributed by atoms with Crippen LogP contribution in [0.5, 0.6) is 0 Å². The Labute approximate surface area is 87.0 Å². The van der Waals surface area contributed by atoms with Crippen LogP contribution in [0.3, 0.4) is 0 Å². The van der Waals surface area contributed by atoms with Crippen LogP contribution in [0.25, 0.3) is 0 Å². The SMILES string of the molecule is C=CC(=O)NC(C)C(=O)[O-].[Na+]. The maximum Gasteiger partial charge on any atom is 1.00 e. The van der Waals surface area contributed by atoms with Gasteiger partial charge in [0.1, 0.15) is 0 Å². The molecule has 0 saturated heterocycles. The van der Waals surface area contributed by atoms with Crippen molar-refractivity contribution in [2.24, 2.45) is 0 Å². The van der Waals surface area contributed by atoms with Gasteiger partial charge in [0.05, 0.1) is 12.0 Å². The molecule has 0 aromatic heterocycles. The molecule has 11 heavy (non-hydrogen) atoms. The van der Waals surface area contributed by atoms with E-state index in [1.165, 1.54) is 6.92 Å². The maximum atomic E-state index is 10.4. The van der Waals surface area contributed by atoms with E-state index in [9.17, 15) is 14.7 Å². The fraction of sp³-hybridized carbons (Fsp3) is 0.333. The van der Waals surface area contributed by atoms with Crippen molar-refractivity contribution in [3.05, 3.63) is 12.7 Å². The van der Waals surface area contributed by atoms with E-state index in [-0.39, 0.29) is 29.6 Å². The van der Waals surface area contributed by atoms with Crippen LogP contribution in [-0.2, 0) is 9.59 Å². The summed E-state index contributed by atoms with van der Waals surface area (Å²) in [5.74, 6) is -1.83. The molecule has 5 heteroatoms. The smallest absolute Gasteiger partial charge is 0.548 e. The van der Waals surface area contributed by atoms with Crippen molar-refractivity contribution >= 4 is 11.9 Å². The van der Waals surface area contributed by atoms with E-state index >= 15 is 0 Å². The summed E-state index contributed by atoms with van der Waals surface area (Å²) in [6.45, 7) is 4.46. The van der Waals surface area contributed by atoms with Crippen molar-refractivity contribution in [2.45, 2.75) is 13.0 Å². The first-order valence-electron chi connectivity index (χ1n) is 2.71. The van der Waals surface area contributed by atoms with Crippen LogP contribution in [-0.4, -0.2) is 17.9 Å². The monoisotopic (exact) mass is 165 g/mol. The summed E-state index contributed by atoms with van der Waals surface area (Å²) >= 11 is 0. The minimum atomic E-state index is -1.31. The largest absolute Gasteiger partial charge is 1.00 e. The van der Waals surface area contributed by atoms with Gasteiger partial charge in [-0.1, -0.05) is 6.58 Å². The van der Waals surface area contributed by atoms with Gasteiger partial charge in [-0.25, -0.2) is 0 Å². The number of carbonyl (C=O) groups is 2. The van der Waals surface area contributed by atoms with Crippen molar-refractivity contribution in [3.63, 3.8) is 0 Å². The van der Waals surface area contributed by atoms with Crippen molar-refractivity contribution in [2.75, 3.05) is 0 Å². The van der Waals surface area contributed by atoms with Gasteiger partial charge < -0.3 is 15.2 Å². The van der Waals surface area contributed by atoms with Gasteiger partial charge >= 0.3 is 29.6 Å². The number of rotatable bonds is 3. The normalized spacial score (nSPS) is 10.6. The number of hydrogen-bond donors (Lipinski definition) is 1. The van der Waals surface area contributed by atoms with Gasteiger partial charge in [-0.15, -0.1) is 0 Å². The molecule has 0 heterocycles. The third kappa shape index (κ3) is 6.09. The third-order valence-electron chi connectivity index (χ3n) is 0.898. The molecule has 1 amide bonds. The van der Waals surface area contributed by atoms with Gasteiger partial charge in [0, 0.05) is 0 Å². The number of nitrogens with one attached hydrogen (secondary N) is 1. The van der Waals surface area contributed by atoms with E-state index in [0.29, 0.717) is 0 Å². The van der Waals surface area contributed by atoms with Crippen LogP contribution >= 0.6 is 0 Å². The van der Waals surface area contributed by atoms with Crippen LogP contribution in [0.1, 0.15) is 6.92 Å². The average Bonchev–Trinajstić information content (AvgIpc) is 1.87. The second-order valence-electron chi connectivity index (χ2n) is 1.75. The Morgan fingerprint density at radius 2 is 2.09 bits per heavy atom. The molecule has 0 radical (unpaired) electrons. The summed E-state index contributed by atoms with van der Waals surface area (Å²) < 4.78 is 0. The summed E-state index contributed by atoms with van der Waals surface area (Å²) in [5.41, 5.74) is 0. The number of hydrogen-bond acceptors (Lipinski definition) is 3. The molecule has 0 spiro atoms. The number of amides is 1. The molecule has 0 rings (SSSR count). The predicted octanol–water partition coefficient (Wildman–Crippen LogP) is -4.57. The molecule has 4 nitrogen and oxygen atoms in total. The van der Waals surface area contributed by atoms with Crippen LogP contribution in [0.4, 0.5) is 0 Å². The van der Waals surface area contributed by atoms with E-state index < -0.39 is 17.9 Å². The minimum Gasteiger partial charge on any atom is -0.548 e. The number of carboxylic acid groups (broad SMARTS) is 1. The molecule has 0 fully saturated rings. The predicted molar refractivity (Wildman–Crippen MR) is 32.8 cm³/mol. The van der Waals surface area contributed by atoms with Gasteiger partial charge in [0.25, 0.3) is 0 Å². The van der Waals surface area contributed by atoms with Gasteiger partial charge in [-0.3, -0.25) is 4.79 Å². The molecule has 1 N–H and O–H groups in total. The molecule has 0 aromatic rings. The van der Waals surface area contributed by atoms with Crippen molar-refractivity contribution < 1.29 is 44.3 Å². The van der Waals surface area contributed by atoms with E-state index in [1.54, 1.807) is 0 Å². The van der Waals surface area contributed by atoms with Crippen LogP contribution < -0.4 is 40.0 Å². The fourth-order valence-corrected chi connectivity index (χ4v) is 0.331. The Balaban J connectivity index is 0. The topological polar surface area (TPSA) is 69.2 Å². The van der Waals surface area contributed by atoms with Gasteiger partial charge in [0.2, 0.25) is 5.91 Å². The molecule has 0 bridgehead atoms. The maximum absolute atomic E-state index is 10.4. The second-order valence-corrected chi connectivity index (χ2v) is 1.75. The first-order chi connectivity index (χ1) is 4.57. The first-order valence-corrected chi connectivity index (χ1v) is 2.71. The number of aliphatic carboxylic acids is 1. The zero-order valence-electron chi connectivity index (χ0n) is 6.59. The quantitative estimate of drug-likeness (QED) is 0.338. The van der Waals surface area contributed by atoms with Crippen molar-refractivity contribution in [1.29, 1.82) is 0 Å². The number of carboxylic acids is 1. The molecule has 1 atom stereocenters. The molecule has 0 aliphatic rings. The molecule has 0 aliphatic carbocycles. The Hall–Kier alpha value is -0.320. The second kappa shape index (κ2) is 6.39. The van der Waals surface area contributed by atoms with Crippen LogP contribution in [0.2, 0.25) is 0 Å². The molecule has 56 valence electrons. The minimum absolute atomic E-state index is 0. The van der Waals surface area contributed by atoms with E-state index in [2.05, 4.69) is 11.9 Å². The summed E-state index contributed by atoms with van der Waals surface area (Å²) in [6, 6.07) is -0.967. The Kier molecular flexibility index (Phi) is 7.72. The first kappa shape index (κ1) is 13.3. The summed E-state index contributed by atoms with van der Waals surface area (Å²) in [7, 11) is 0. The zero-order chi connectivity index (χ0) is 8.15. The summed E-state index contributed by atoms with van der Waals surface area (Å²) in [4.78, 5) is 20.4. The van der Waals surface area contributed by atoms with Gasteiger partial charge in [-0.2, -0.15) is 0 Å². The van der Waals surface area contributed by atoms with Crippen LogP contribution in [0, 0.1) is 0 Å². The van der Waals surface area contributed by atoms with Crippen molar-refractivity contribution in [1.82, 2.24) is 5.32 Å². The zero-order valence-corrected chi connectivity index (χ0v) is 8.59. The Morgan fingerprint density at radius 1 is 1.64 bits per heavy atom. The van der Waals surface area contributed by atoms with E-state index in [1.807, 2.05) is 0 Å². The average molecular weight is 165 g/mol. The van der Waals surface area contributed by atoms with Gasteiger partial charge in [-0.05, 0) is 13.0 Å². The van der Waals surface area contributed by atoms with Crippen molar-refractivity contribution in [3.8, 4) is 0 Å². The summed E-state index contributed by atoms with van der Waals surface area (Å²) in [6.07, 6.45) is 0.999. The Bertz CT molecular complexity index is 169. The molecule has 0 aliphatic heterocycles. The molecular weight excluding hydrogens is 157 g/mol. The fourth-order valence-electron chi connectivity index (χ4n) is 0.331. The number of carbonyl (C=O) groups excluding carboxylic acids is 2. The van der Waals surface area contributed by atoms with Crippen LogP contribution in [0.15, 0.2) is 12.7 Å². The third-order valence-corrected chi connectivity index (χ3v) is 0.898. The summed E-state index contributed by atoms with van der Waals surface area (Å²) in [5, 5.41) is 12.1. The molecule has 1 unspecified atom stereocenters. The molecule has 0 aromatic carbocycles. The standard InChI is InChI=1S/C6H9NO3.Na/c1-3-5(8)7-4(2)6(9)10;/h3-4H,1H2,2H3,(H,7,8)(H,9,10);/q;+1/p-1. The van der Waals surface area contributed by atoms with Gasteiger partial charge in [0.15, 0.2) is 0 Å². The van der Waals surface area contributed by atoms with E-state index in [4.69, 9.17) is 0 Å². The Morgan fingerprint density at radius 3 is 2.36 bits per heavy atom. The molecule has 0 saturated carbocycles.